The molecule has 0 saturated carbocycles. The second kappa shape index (κ2) is 4.80. The van der Waals surface area contributed by atoms with Crippen LogP contribution in [0, 0.1) is 0 Å². The molecule has 3 nitrogen and oxygen atoms in total. The summed E-state index contributed by atoms with van der Waals surface area (Å²) in [5, 5.41) is 10.3. The van der Waals surface area contributed by atoms with Crippen LogP contribution in [-0.4, -0.2) is 56.2 Å². The summed E-state index contributed by atoms with van der Waals surface area (Å²) in [6.45, 7) is 3.39. The SMILES string of the molecule is CN1CCC(N(C)CCC[O])C1. The lowest BCUT2D eigenvalue weighted by atomic mass is 10.2. The predicted molar refractivity (Wildman–Crippen MR) is 48.7 cm³/mol. The lowest BCUT2D eigenvalue weighted by Gasteiger charge is -2.23. The highest BCUT2D eigenvalue weighted by molar-refractivity contribution is 4.79. The number of hydrogen-bond donors (Lipinski definition) is 0. The molecule has 12 heavy (non-hydrogen) atoms. The van der Waals surface area contributed by atoms with Gasteiger partial charge >= 0.3 is 0 Å². The number of likely N-dealkylation sites (N-methyl/N-ethyl adjacent to an activating group) is 2. The van der Waals surface area contributed by atoms with E-state index in [0.29, 0.717) is 6.04 Å². The highest BCUT2D eigenvalue weighted by atomic mass is 16.3. The molecule has 1 unspecified atom stereocenters. The molecule has 0 N–H and O–H groups in total. The van der Waals surface area contributed by atoms with Crippen molar-refractivity contribution in [2.45, 2.75) is 18.9 Å². The lowest BCUT2D eigenvalue weighted by Crippen LogP contribution is -2.34. The van der Waals surface area contributed by atoms with Crippen molar-refractivity contribution in [3.8, 4) is 0 Å². The summed E-state index contributed by atoms with van der Waals surface area (Å²) in [7, 11) is 4.28. The summed E-state index contributed by atoms with van der Waals surface area (Å²) >= 11 is 0. The molecular weight excluding hydrogens is 152 g/mol. The van der Waals surface area contributed by atoms with E-state index in [4.69, 9.17) is 0 Å². The van der Waals surface area contributed by atoms with Crippen LogP contribution in [0.5, 0.6) is 0 Å². The van der Waals surface area contributed by atoms with Gasteiger partial charge in [0.25, 0.3) is 0 Å². The first-order valence-electron chi connectivity index (χ1n) is 4.71. The molecule has 71 valence electrons. The fourth-order valence-electron chi connectivity index (χ4n) is 1.77. The zero-order valence-corrected chi connectivity index (χ0v) is 8.12. The van der Waals surface area contributed by atoms with Gasteiger partial charge in [0.1, 0.15) is 0 Å². The molecule has 3 heteroatoms. The van der Waals surface area contributed by atoms with E-state index in [-0.39, 0.29) is 6.61 Å². The second-order valence-electron chi connectivity index (χ2n) is 3.74. The van der Waals surface area contributed by atoms with Crippen molar-refractivity contribution in [2.24, 2.45) is 0 Å². The van der Waals surface area contributed by atoms with Crippen molar-refractivity contribution in [2.75, 3.05) is 40.3 Å². The van der Waals surface area contributed by atoms with Crippen LogP contribution in [0.3, 0.4) is 0 Å². The normalized spacial score (nSPS) is 25.5. The topological polar surface area (TPSA) is 26.4 Å². The molecule has 1 aliphatic rings. The Kier molecular flexibility index (Phi) is 3.98. The molecule has 0 aromatic heterocycles. The van der Waals surface area contributed by atoms with Gasteiger partial charge in [-0.2, -0.15) is 0 Å². The summed E-state index contributed by atoms with van der Waals surface area (Å²) in [4.78, 5) is 4.67. The fourth-order valence-corrected chi connectivity index (χ4v) is 1.77. The quantitative estimate of drug-likeness (QED) is 0.613. The zero-order valence-electron chi connectivity index (χ0n) is 8.12. The van der Waals surface area contributed by atoms with Crippen molar-refractivity contribution in [1.29, 1.82) is 0 Å². The Morgan fingerprint density at radius 2 is 2.33 bits per heavy atom. The number of likely N-dealkylation sites (tertiary alicyclic amines) is 1. The Balaban J connectivity index is 2.18. The summed E-state index contributed by atoms with van der Waals surface area (Å²) in [6, 6.07) is 0.682. The van der Waals surface area contributed by atoms with Gasteiger partial charge in [-0.05, 0) is 33.5 Å². The van der Waals surface area contributed by atoms with Gasteiger partial charge < -0.3 is 9.80 Å². The maximum Gasteiger partial charge on any atom is 0.0834 e. The molecule has 1 saturated heterocycles. The van der Waals surface area contributed by atoms with Crippen LogP contribution in [0.2, 0.25) is 0 Å². The molecule has 0 amide bonds. The molecular formula is C9H19N2O. The molecule has 0 spiro atoms. The molecule has 1 radical (unpaired) electrons. The zero-order chi connectivity index (χ0) is 8.97. The highest BCUT2D eigenvalue weighted by Crippen LogP contribution is 2.12. The number of nitrogens with zero attached hydrogens (tertiary/aromatic N) is 2. The van der Waals surface area contributed by atoms with E-state index in [9.17, 15) is 5.11 Å². The maximum absolute atomic E-state index is 10.3. The summed E-state index contributed by atoms with van der Waals surface area (Å²) in [6.07, 6.45) is 2.04. The van der Waals surface area contributed by atoms with Crippen LogP contribution in [0.1, 0.15) is 12.8 Å². The Bertz CT molecular complexity index is 130. The predicted octanol–water partition coefficient (Wildman–Crippen LogP) is 0.443. The van der Waals surface area contributed by atoms with Gasteiger partial charge in [0, 0.05) is 19.1 Å². The van der Waals surface area contributed by atoms with Crippen molar-refractivity contribution in [3.63, 3.8) is 0 Å². The van der Waals surface area contributed by atoms with Crippen LogP contribution < -0.4 is 0 Å². The molecule has 1 rings (SSSR count). The Morgan fingerprint density at radius 3 is 2.83 bits per heavy atom. The monoisotopic (exact) mass is 171 g/mol. The van der Waals surface area contributed by atoms with E-state index in [1.807, 2.05) is 0 Å². The Labute approximate surface area is 75.0 Å². The van der Waals surface area contributed by atoms with Crippen LogP contribution in [0.15, 0.2) is 0 Å². The minimum absolute atomic E-state index is 0.0624. The van der Waals surface area contributed by atoms with E-state index >= 15 is 0 Å². The molecule has 0 aliphatic carbocycles. The Morgan fingerprint density at radius 1 is 1.58 bits per heavy atom. The molecule has 0 aromatic rings. The standard InChI is InChI=1S/C9H19N2O/c1-10-6-4-9(8-10)11(2)5-3-7-12/h9H,3-8H2,1-2H3. The van der Waals surface area contributed by atoms with E-state index in [1.54, 1.807) is 0 Å². The third-order valence-corrected chi connectivity index (χ3v) is 2.64. The first-order valence-corrected chi connectivity index (χ1v) is 4.71. The number of hydrogen-bond acceptors (Lipinski definition) is 2. The molecule has 0 aromatic carbocycles. The minimum Gasteiger partial charge on any atom is -0.305 e. The molecule has 0 bridgehead atoms. The van der Waals surface area contributed by atoms with Crippen molar-refractivity contribution in [1.82, 2.24) is 9.80 Å². The van der Waals surface area contributed by atoms with Crippen LogP contribution in [0.25, 0.3) is 0 Å². The number of rotatable bonds is 4. The average Bonchev–Trinajstić information content (AvgIpc) is 2.47. The van der Waals surface area contributed by atoms with E-state index < -0.39 is 0 Å². The van der Waals surface area contributed by atoms with Crippen LogP contribution in [0.4, 0.5) is 0 Å². The molecule has 1 heterocycles. The minimum atomic E-state index is 0.0624. The second-order valence-corrected chi connectivity index (χ2v) is 3.74. The van der Waals surface area contributed by atoms with Gasteiger partial charge in [0.15, 0.2) is 0 Å². The summed E-state index contributed by atoms with van der Waals surface area (Å²) < 4.78 is 0. The van der Waals surface area contributed by atoms with E-state index in [0.717, 1.165) is 19.5 Å². The van der Waals surface area contributed by atoms with Gasteiger partial charge in [-0.25, -0.2) is 5.11 Å². The Hall–Kier alpha value is -0.120. The molecule has 1 aliphatic heterocycles. The summed E-state index contributed by atoms with van der Waals surface area (Å²) in [5.41, 5.74) is 0. The molecule has 1 atom stereocenters. The van der Waals surface area contributed by atoms with Gasteiger partial charge in [0.05, 0.1) is 6.61 Å². The van der Waals surface area contributed by atoms with Gasteiger partial charge in [-0.3, -0.25) is 0 Å². The van der Waals surface area contributed by atoms with Gasteiger partial charge in [-0.1, -0.05) is 0 Å². The lowest BCUT2D eigenvalue weighted by molar-refractivity contribution is 0.160. The van der Waals surface area contributed by atoms with Crippen molar-refractivity contribution < 1.29 is 5.11 Å². The smallest absolute Gasteiger partial charge is 0.0834 e. The first kappa shape index (κ1) is 9.96. The summed E-state index contributed by atoms with van der Waals surface area (Å²) in [5.74, 6) is 0. The van der Waals surface area contributed by atoms with Gasteiger partial charge in [-0.15, -0.1) is 0 Å². The van der Waals surface area contributed by atoms with Crippen molar-refractivity contribution in [3.05, 3.63) is 0 Å². The van der Waals surface area contributed by atoms with Crippen molar-refractivity contribution >= 4 is 0 Å². The van der Waals surface area contributed by atoms with Crippen LogP contribution >= 0.6 is 0 Å². The van der Waals surface area contributed by atoms with Gasteiger partial charge in [0.2, 0.25) is 0 Å². The molecule has 1 fully saturated rings. The maximum atomic E-state index is 10.3. The first-order chi connectivity index (χ1) is 5.74. The fraction of sp³-hybridized carbons (Fsp3) is 1.00. The van der Waals surface area contributed by atoms with Crippen LogP contribution in [-0.2, 0) is 5.11 Å². The third kappa shape index (κ3) is 2.73. The third-order valence-electron chi connectivity index (χ3n) is 2.64. The van der Waals surface area contributed by atoms with E-state index in [2.05, 4.69) is 23.9 Å². The van der Waals surface area contributed by atoms with E-state index in [1.165, 1.54) is 13.0 Å². The largest absolute Gasteiger partial charge is 0.305 e. The highest BCUT2D eigenvalue weighted by Gasteiger charge is 2.22. The average molecular weight is 171 g/mol.